The Bertz CT molecular complexity index is 337. The largest absolute Gasteiger partial charge is 2.00 e. The second-order valence-corrected chi connectivity index (χ2v) is 5.06. The van der Waals surface area contributed by atoms with Gasteiger partial charge < -0.3 is 19.8 Å². The summed E-state index contributed by atoms with van der Waals surface area (Å²) in [5, 5.41) is 20.0. The molecule has 0 aromatic rings. The van der Waals surface area contributed by atoms with E-state index in [9.17, 15) is 29.4 Å². The van der Waals surface area contributed by atoms with Crippen LogP contribution in [0, 0.1) is 11.8 Å². The first-order valence-electron chi connectivity index (χ1n) is 7.68. The number of Topliss-reactive ketones (excluding diaryl/α,β-unsaturated/α-hetero) is 2. The van der Waals surface area contributed by atoms with Crippen LogP contribution in [0.5, 0.6) is 0 Å². The molecule has 0 aromatic carbocycles. The zero-order valence-corrected chi connectivity index (χ0v) is 16.8. The van der Waals surface area contributed by atoms with E-state index in [1.54, 1.807) is 0 Å². The molecule has 0 saturated carbocycles. The van der Waals surface area contributed by atoms with Crippen LogP contribution >= 0.6 is 0 Å². The van der Waals surface area contributed by atoms with E-state index in [4.69, 9.17) is 0 Å². The van der Waals surface area contributed by atoms with E-state index in [0.29, 0.717) is 25.7 Å². The molecular weight excluding hydrogens is 379 g/mol. The Labute approximate surface area is 157 Å². The summed E-state index contributed by atoms with van der Waals surface area (Å²) in [4.78, 5) is 42.0. The molecule has 0 heterocycles. The summed E-state index contributed by atoms with van der Waals surface area (Å²) in [6.07, 6.45) is 1.97. The average Bonchev–Trinajstić information content (AvgIpc) is 2.40. The van der Waals surface area contributed by atoms with E-state index in [2.05, 4.69) is 0 Å². The van der Waals surface area contributed by atoms with Crippen molar-refractivity contribution in [2.75, 3.05) is 0 Å². The number of carbonyl (C=O) groups excluding carboxylic acids is 4. The fraction of sp³-hybridized carbons (Fsp3) is 0.750. The Balaban J connectivity index is -0.000000333. The minimum Gasteiger partial charge on any atom is -0.550 e. The molecule has 0 rings (SSSR count). The van der Waals surface area contributed by atoms with Crippen LogP contribution in [0.25, 0.3) is 0 Å². The van der Waals surface area contributed by atoms with Crippen LogP contribution in [-0.4, -0.2) is 23.5 Å². The maximum Gasteiger partial charge on any atom is 2.00 e. The molecule has 0 fully saturated rings. The van der Waals surface area contributed by atoms with Crippen LogP contribution in [0.3, 0.4) is 0 Å². The molecule has 6 nitrogen and oxygen atoms in total. The molecule has 0 radical (unpaired) electrons. The number of hydrogen-bond acceptors (Lipinski definition) is 6. The molecule has 0 aromatic heterocycles. The van der Waals surface area contributed by atoms with E-state index in [-0.39, 0.29) is 49.6 Å². The molecule has 0 atom stereocenters. The first-order chi connectivity index (χ1) is 10.2. The van der Waals surface area contributed by atoms with E-state index in [1.165, 1.54) is 0 Å². The van der Waals surface area contributed by atoms with Crippen LogP contribution in [0.4, 0.5) is 0 Å². The predicted molar refractivity (Wildman–Crippen MR) is 77.4 cm³/mol. The summed E-state index contributed by atoms with van der Waals surface area (Å²) in [7, 11) is 0. The van der Waals surface area contributed by atoms with Gasteiger partial charge in [0.05, 0.1) is 0 Å². The number of hydrogen-bond donors (Lipinski definition) is 0. The molecule has 0 aliphatic heterocycles. The third-order valence-electron chi connectivity index (χ3n) is 3.52. The summed E-state index contributed by atoms with van der Waals surface area (Å²) < 4.78 is 0. The first-order valence-corrected chi connectivity index (χ1v) is 7.68. The first kappa shape index (κ1) is 27.0. The van der Waals surface area contributed by atoms with Gasteiger partial charge in [-0.05, 0) is 25.7 Å². The van der Waals surface area contributed by atoms with Crippen LogP contribution < -0.4 is 10.2 Å². The van der Waals surface area contributed by atoms with Crippen molar-refractivity contribution in [2.45, 2.75) is 66.2 Å². The van der Waals surface area contributed by atoms with Gasteiger partial charge in [-0.1, -0.05) is 27.7 Å². The Morgan fingerprint density at radius 2 is 0.870 bits per heavy atom. The van der Waals surface area contributed by atoms with Crippen molar-refractivity contribution >= 4 is 23.5 Å². The van der Waals surface area contributed by atoms with E-state index in [1.807, 2.05) is 27.7 Å². The summed E-state index contributed by atoms with van der Waals surface area (Å²) in [6, 6.07) is 0. The van der Waals surface area contributed by atoms with Gasteiger partial charge >= 0.3 is 26.2 Å². The van der Waals surface area contributed by atoms with Crippen molar-refractivity contribution in [3.05, 3.63) is 0 Å². The molecule has 0 spiro atoms. The van der Waals surface area contributed by atoms with Gasteiger partial charge in [0.2, 0.25) is 0 Å². The average molecular weight is 406 g/mol. The topological polar surface area (TPSA) is 114 Å². The molecule has 130 valence electrons. The quantitative estimate of drug-likeness (QED) is 0.482. The summed E-state index contributed by atoms with van der Waals surface area (Å²) in [5.41, 5.74) is 0. The fourth-order valence-electron chi connectivity index (χ4n) is 2.06. The minimum absolute atomic E-state index is 0. The molecule has 0 aliphatic carbocycles. The maximum absolute atomic E-state index is 11.0. The van der Waals surface area contributed by atoms with E-state index >= 15 is 0 Å². The number of carboxylic acid groups (broad SMARTS) is 2. The van der Waals surface area contributed by atoms with E-state index in [0.717, 1.165) is 0 Å². The SMILES string of the molecule is CCC(CC)C(=O)CC(=O)[O-].CCC(CC)C(=O)CC(=O)[O-].[Zr+2]. The van der Waals surface area contributed by atoms with Gasteiger partial charge in [-0.3, -0.25) is 9.59 Å². The van der Waals surface area contributed by atoms with Gasteiger partial charge in [-0.25, -0.2) is 0 Å². The number of rotatable bonds is 10. The van der Waals surface area contributed by atoms with Crippen molar-refractivity contribution in [2.24, 2.45) is 11.8 Å². The van der Waals surface area contributed by atoms with Gasteiger partial charge in [0.25, 0.3) is 0 Å². The number of aliphatic carboxylic acids is 2. The van der Waals surface area contributed by atoms with Crippen molar-refractivity contribution < 1.29 is 55.6 Å². The third kappa shape index (κ3) is 14.5. The Hall–Kier alpha value is -0.837. The summed E-state index contributed by atoms with van der Waals surface area (Å²) >= 11 is 0. The number of ketones is 2. The standard InChI is InChI=1S/2C8H14O3.Zr/c2*1-3-6(4-2)7(9)5-8(10)11;/h2*6H,3-5H2,1-2H3,(H,10,11);/q;;+2/p-2. The van der Waals surface area contributed by atoms with Crippen molar-refractivity contribution in [1.29, 1.82) is 0 Å². The second kappa shape index (κ2) is 16.0. The smallest absolute Gasteiger partial charge is 0.550 e. The van der Waals surface area contributed by atoms with E-state index < -0.39 is 24.8 Å². The number of carbonyl (C=O) groups is 4. The molecule has 7 heteroatoms. The Morgan fingerprint density at radius 1 is 0.652 bits per heavy atom. The molecule has 0 amide bonds. The van der Waals surface area contributed by atoms with Gasteiger partial charge in [0, 0.05) is 36.6 Å². The van der Waals surface area contributed by atoms with Gasteiger partial charge in [0.1, 0.15) is 11.6 Å². The van der Waals surface area contributed by atoms with Crippen LogP contribution in [0.1, 0.15) is 66.2 Å². The Kier molecular flexibility index (Phi) is 18.8. The molecule has 0 unspecified atom stereocenters. The zero-order valence-electron chi connectivity index (χ0n) is 14.3. The molecular formula is C16H26O6Zr. The fourth-order valence-corrected chi connectivity index (χ4v) is 2.06. The molecule has 0 aliphatic rings. The molecule has 23 heavy (non-hydrogen) atoms. The third-order valence-corrected chi connectivity index (χ3v) is 3.52. The molecule has 0 bridgehead atoms. The van der Waals surface area contributed by atoms with Gasteiger partial charge in [0.15, 0.2) is 0 Å². The summed E-state index contributed by atoms with van der Waals surface area (Å²) in [6.45, 7) is 7.51. The van der Waals surface area contributed by atoms with Gasteiger partial charge in [-0.2, -0.15) is 0 Å². The van der Waals surface area contributed by atoms with Crippen LogP contribution in [0.15, 0.2) is 0 Å². The van der Waals surface area contributed by atoms with Gasteiger partial charge in [-0.15, -0.1) is 0 Å². The minimum atomic E-state index is -1.28. The second-order valence-electron chi connectivity index (χ2n) is 5.06. The van der Waals surface area contributed by atoms with Crippen molar-refractivity contribution in [3.8, 4) is 0 Å². The predicted octanol–water partition coefficient (Wildman–Crippen LogP) is 0.261. The normalized spacial score (nSPS) is 9.65. The van der Waals surface area contributed by atoms with Crippen molar-refractivity contribution in [3.63, 3.8) is 0 Å². The van der Waals surface area contributed by atoms with Crippen LogP contribution in [0.2, 0.25) is 0 Å². The van der Waals surface area contributed by atoms with Crippen molar-refractivity contribution in [1.82, 2.24) is 0 Å². The monoisotopic (exact) mass is 404 g/mol. The van der Waals surface area contributed by atoms with Crippen LogP contribution in [-0.2, 0) is 45.4 Å². The maximum atomic E-state index is 11.0. The Morgan fingerprint density at radius 3 is 1.00 bits per heavy atom. The number of carboxylic acids is 2. The summed E-state index contributed by atoms with van der Waals surface area (Å²) in [5.74, 6) is -3.19. The molecule has 0 saturated heterocycles. The molecule has 0 N–H and O–H groups in total. The zero-order chi connectivity index (χ0) is 17.7.